The molecule has 1 saturated carbocycles. The number of terminal acetylenes is 1. The molecule has 4 aliphatic heterocycles. The lowest BCUT2D eigenvalue weighted by atomic mass is 9.60. The zero-order valence-corrected chi connectivity index (χ0v) is 39.3. The maximum absolute atomic E-state index is 14.2. The van der Waals surface area contributed by atoms with Gasteiger partial charge in [-0.05, 0) is 98.5 Å². The fourth-order valence-electron chi connectivity index (χ4n) is 11.4. The highest BCUT2D eigenvalue weighted by atomic mass is 16.3. The Kier molecular flexibility index (Phi) is 11.9. The van der Waals surface area contributed by atoms with E-state index in [2.05, 4.69) is 48.5 Å². The molecule has 4 atom stereocenters. The number of β-amino-alcohol motifs (C(OH)–C–C–N with tert-alkyl or cyclic N) is 1. The first-order valence-corrected chi connectivity index (χ1v) is 24.0. The van der Waals surface area contributed by atoms with Gasteiger partial charge in [0.15, 0.2) is 5.65 Å². The summed E-state index contributed by atoms with van der Waals surface area (Å²) in [5.41, 5.74) is 6.57. The molecule has 4 fully saturated rings. The maximum Gasteiger partial charge on any atom is 0.318 e. The second-order valence-corrected chi connectivity index (χ2v) is 20.9. The number of aliphatic hydroxyl groups excluding tert-OH is 1. The number of aromatic nitrogens is 5. The number of para-hydroxylation sites is 1. The molecule has 1 spiro atoms. The van der Waals surface area contributed by atoms with Crippen LogP contribution in [0.3, 0.4) is 0 Å². The smallest absolute Gasteiger partial charge is 0.318 e. The van der Waals surface area contributed by atoms with Crippen LogP contribution in [0, 0.1) is 23.2 Å². The highest BCUT2D eigenvalue weighted by Gasteiger charge is 2.56. The van der Waals surface area contributed by atoms with Crippen LogP contribution in [0.2, 0.25) is 0 Å². The van der Waals surface area contributed by atoms with E-state index in [0.717, 1.165) is 85.2 Å². The van der Waals surface area contributed by atoms with Gasteiger partial charge in [0, 0.05) is 97.2 Å². The Balaban J connectivity index is 0.693. The van der Waals surface area contributed by atoms with Gasteiger partial charge in [0.2, 0.25) is 17.8 Å². The van der Waals surface area contributed by atoms with Crippen molar-refractivity contribution in [1.82, 2.24) is 50.5 Å². The second kappa shape index (κ2) is 17.8. The molecule has 0 unspecified atom stereocenters. The number of urea groups is 1. The molecule has 5 N–H and O–H groups in total. The molecule has 4 amide bonds. The number of rotatable bonds is 9. The fourth-order valence-corrected chi connectivity index (χ4v) is 11.4. The average Bonchev–Trinajstić information content (AvgIpc) is 3.90. The summed E-state index contributed by atoms with van der Waals surface area (Å²) >= 11 is 0. The topological polar surface area (TPSA) is 196 Å². The van der Waals surface area contributed by atoms with E-state index in [1.807, 2.05) is 75.6 Å². The van der Waals surface area contributed by atoms with Gasteiger partial charge in [0.05, 0.1) is 17.8 Å². The lowest BCUT2D eigenvalue weighted by Crippen LogP contribution is -2.70. The molecule has 0 bridgehead atoms. The monoisotopic (exact) mass is 919 g/mol. The van der Waals surface area contributed by atoms with Crippen molar-refractivity contribution in [3.63, 3.8) is 0 Å². The highest BCUT2D eigenvalue weighted by Crippen LogP contribution is 2.51. The van der Waals surface area contributed by atoms with Crippen LogP contribution in [0.5, 0.6) is 5.75 Å². The molecular formula is C52H61N11O5. The van der Waals surface area contributed by atoms with Gasteiger partial charge in [-0.25, -0.2) is 14.8 Å². The number of aromatic amines is 1. The SMILES string of the molecule is C#Cc1ccc(CNC(=O)[C@@H]2C[C@@H](O)CN2C(=O)[C@@H](NC(=O)N2CC3(CC(N4CCC(c5cnc(N6CCc7[nH]c8nnc(-c9ccccc9O)cc8c7[C@@H]6C)nc5)CC4)C3)C2)C(C)(C)C)cc1. The van der Waals surface area contributed by atoms with Crippen molar-refractivity contribution in [3.05, 3.63) is 94.9 Å². The summed E-state index contributed by atoms with van der Waals surface area (Å²) in [6, 6.07) is 15.0. The maximum atomic E-state index is 14.2. The molecule has 354 valence electrons. The van der Waals surface area contributed by atoms with Gasteiger partial charge in [0.1, 0.15) is 17.8 Å². The molecular weight excluding hydrogens is 859 g/mol. The molecule has 2 aromatic carbocycles. The number of likely N-dealkylation sites (tertiary alicyclic amines) is 3. The fraction of sp³-hybridized carbons (Fsp3) is 0.481. The molecule has 16 nitrogen and oxygen atoms in total. The van der Waals surface area contributed by atoms with E-state index in [9.17, 15) is 24.6 Å². The van der Waals surface area contributed by atoms with Crippen molar-refractivity contribution >= 4 is 34.8 Å². The van der Waals surface area contributed by atoms with Crippen molar-refractivity contribution in [2.45, 2.75) is 109 Å². The molecule has 5 aromatic rings. The number of benzene rings is 2. The van der Waals surface area contributed by atoms with Gasteiger partial charge in [-0.2, -0.15) is 0 Å². The minimum atomic E-state index is -0.884. The van der Waals surface area contributed by atoms with E-state index < -0.39 is 23.6 Å². The molecule has 16 heteroatoms. The van der Waals surface area contributed by atoms with Crippen molar-refractivity contribution < 1.29 is 24.6 Å². The van der Waals surface area contributed by atoms with E-state index in [-0.39, 0.29) is 54.6 Å². The number of carbonyl (C=O) groups excluding carboxylic acids is 3. The zero-order chi connectivity index (χ0) is 47.5. The first kappa shape index (κ1) is 45.2. The van der Waals surface area contributed by atoms with E-state index in [1.165, 1.54) is 10.5 Å². The Bertz CT molecular complexity index is 2740. The largest absolute Gasteiger partial charge is 0.507 e. The minimum absolute atomic E-state index is 0.0108. The summed E-state index contributed by atoms with van der Waals surface area (Å²) in [7, 11) is 0. The number of carbonyl (C=O) groups is 3. The number of nitrogens with one attached hydrogen (secondary N) is 3. The first-order valence-electron chi connectivity index (χ1n) is 24.0. The molecule has 68 heavy (non-hydrogen) atoms. The van der Waals surface area contributed by atoms with Crippen LogP contribution < -0.4 is 15.5 Å². The lowest BCUT2D eigenvalue weighted by molar-refractivity contribution is -0.142. The predicted octanol–water partition coefficient (Wildman–Crippen LogP) is 5.27. The summed E-state index contributed by atoms with van der Waals surface area (Å²) < 4.78 is 0. The third-order valence-electron chi connectivity index (χ3n) is 15.3. The Labute approximate surface area is 396 Å². The van der Waals surface area contributed by atoms with Crippen molar-refractivity contribution in [2.75, 3.05) is 44.2 Å². The third kappa shape index (κ3) is 8.62. The number of anilines is 1. The van der Waals surface area contributed by atoms with E-state index in [4.69, 9.17) is 16.4 Å². The summed E-state index contributed by atoms with van der Waals surface area (Å²) in [6.45, 7) is 12.3. The number of phenolic OH excluding ortho intramolecular Hbond substituents is 1. The van der Waals surface area contributed by atoms with Gasteiger partial charge in [-0.1, -0.05) is 51.0 Å². The van der Waals surface area contributed by atoms with Crippen LogP contribution in [0.1, 0.15) is 99.7 Å². The van der Waals surface area contributed by atoms with Gasteiger partial charge >= 0.3 is 6.03 Å². The third-order valence-corrected chi connectivity index (χ3v) is 15.3. The molecule has 5 aliphatic rings. The second-order valence-electron chi connectivity index (χ2n) is 20.9. The Morgan fingerprint density at radius 1 is 1.00 bits per heavy atom. The number of phenols is 1. The molecule has 0 radical (unpaired) electrons. The molecule has 7 heterocycles. The zero-order valence-electron chi connectivity index (χ0n) is 39.3. The number of hydrogen-bond donors (Lipinski definition) is 5. The lowest BCUT2D eigenvalue weighted by Gasteiger charge is -2.61. The highest BCUT2D eigenvalue weighted by molar-refractivity contribution is 5.93. The van der Waals surface area contributed by atoms with Crippen LogP contribution in [-0.4, -0.2) is 131 Å². The Hall–Kier alpha value is -6.57. The normalized spacial score (nSPS) is 22.3. The van der Waals surface area contributed by atoms with Crippen molar-refractivity contribution in [3.8, 4) is 29.4 Å². The number of aliphatic hydroxyl groups is 1. The van der Waals surface area contributed by atoms with E-state index in [1.54, 1.807) is 17.0 Å². The predicted molar refractivity (Wildman–Crippen MR) is 257 cm³/mol. The molecule has 1 aliphatic carbocycles. The number of piperidine rings is 1. The van der Waals surface area contributed by atoms with Crippen LogP contribution >= 0.6 is 0 Å². The van der Waals surface area contributed by atoms with E-state index in [0.29, 0.717) is 42.3 Å². The van der Waals surface area contributed by atoms with Gasteiger partial charge < -0.3 is 45.4 Å². The Morgan fingerprint density at radius 2 is 1.72 bits per heavy atom. The standard InChI is InChI=1S/C52H61N11O5/c1-6-32-11-13-33(14-12-32)25-53-47(66)42-21-37(64)28-63(42)48(67)45(51(3,4)5)57-50(68)61-29-52(30-61)23-36(24-52)60-18-15-34(16-19-60)35-26-54-49(55-27-35)62-20-17-40-44(31(62)2)39-22-41(58-59-46(39)56-40)38-9-7-8-10-43(38)65/h1,7-14,22,26-27,31,34,36-37,42,45,64-65H,15-21,23-25,28-30H2,2-5H3,(H,53,66)(H,56,59)(H,57,68)/t31-,37+,42-,45+/m0/s1. The number of hydrogen-bond acceptors (Lipinski definition) is 11. The van der Waals surface area contributed by atoms with Crippen LogP contribution in [0.15, 0.2) is 67.0 Å². The summed E-state index contributed by atoms with van der Waals surface area (Å²) in [5, 5.41) is 36.9. The number of aromatic hydroxyl groups is 1. The summed E-state index contributed by atoms with van der Waals surface area (Å²) in [5.74, 6) is 3.14. The Morgan fingerprint density at radius 3 is 2.41 bits per heavy atom. The summed E-state index contributed by atoms with van der Waals surface area (Å²) in [6.07, 6.45) is 13.8. The van der Waals surface area contributed by atoms with Crippen molar-refractivity contribution in [1.29, 1.82) is 0 Å². The van der Waals surface area contributed by atoms with Crippen molar-refractivity contribution in [2.24, 2.45) is 10.8 Å². The van der Waals surface area contributed by atoms with Gasteiger partial charge in [-0.3, -0.25) is 9.59 Å². The first-order chi connectivity index (χ1) is 32.7. The molecule has 3 aromatic heterocycles. The average molecular weight is 920 g/mol. The number of fused-ring (bicyclic) bond motifs is 3. The number of nitrogens with zero attached hydrogens (tertiary/aromatic N) is 8. The molecule has 3 saturated heterocycles. The number of H-pyrrole nitrogens is 1. The summed E-state index contributed by atoms with van der Waals surface area (Å²) in [4.78, 5) is 62.7. The molecule has 10 rings (SSSR count). The van der Waals surface area contributed by atoms with Crippen LogP contribution in [0.4, 0.5) is 10.7 Å². The van der Waals surface area contributed by atoms with E-state index >= 15 is 0 Å². The van der Waals surface area contributed by atoms with Crippen LogP contribution in [-0.2, 0) is 22.6 Å². The van der Waals surface area contributed by atoms with Gasteiger partial charge in [-0.15, -0.1) is 16.6 Å². The van der Waals surface area contributed by atoms with Gasteiger partial charge in [0.25, 0.3) is 0 Å². The van der Waals surface area contributed by atoms with Crippen LogP contribution in [0.25, 0.3) is 22.3 Å². The quantitative estimate of drug-likeness (QED) is 0.121. The number of amides is 4. The minimum Gasteiger partial charge on any atom is -0.507 e.